The van der Waals surface area contributed by atoms with Gasteiger partial charge in [0.15, 0.2) is 0 Å². The van der Waals surface area contributed by atoms with E-state index >= 15 is 0 Å². The molecule has 5 nitrogen and oxygen atoms in total. The quantitative estimate of drug-likeness (QED) is 0.787. The molecule has 1 N–H and O–H groups in total. The Kier molecular flexibility index (Phi) is 4.42. The van der Waals surface area contributed by atoms with E-state index in [1.807, 2.05) is 18.2 Å². The fourth-order valence-corrected chi connectivity index (χ4v) is 2.29. The van der Waals surface area contributed by atoms with Gasteiger partial charge in [0.1, 0.15) is 5.82 Å². The molecular weight excluding hydrogens is 295 g/mol. The molecule has 0 saturated carbocycles. The van der Waals surface area contributed by atoms with E-state index in [0.29, 0.717) is 24.2 Å². The molecule has 0 radical (unpaired) electrons. The number of nitrogens with zero attached hydrogens (tertiary/aromatic N) is 3. The monoisotopic (exact) mass is 310 g/mol. The molecule has 6 heteroatoms. The number of H-pyrrole nitrogens is 1. The highest BCUT2D eigenvalue weighted by atomic mass is 19.1. The predicted octanol–water partition coefficient (Wildman–Crippen LogP) is 3.24. The molecule has 3 rings (SSSR count). The van der Waals surface area contributed by atoms with E-state index < -0.39 is 0 Å². The number of rotatable bonds is 5. The Morgan fingerprint density at radius 3 is 2.61 bits per heavy atom. The summed E-state index contributed by atoms with van der Waals surface area (Å²) >= 11 is 0. The molecule has 1 amide bonds. The maximum atomic E-state index is 13.1. The van der Waals surface area contributed by atoms with E-state index in [0.717, 1.165) is 5.69 Å². The number of aryl methyl sites for hydroxylation is 1. The zero-order chi connectivity index (χ0) is 16.1. The van der Waals surface area contributed by atoms with Crippen molar-refractivity contribution in [2.75, 3.05) is 4.90 Å². The molecule has 1 aromatic carbocycles. The van der Waals surface area contributed by atoms with Crippen LogP contribution in [0.25, 0.3) is 0 Å². The smallest absolute Gasteiger partial charge is 0.232 e. The van der Waals surface area contributed by atoms with Crippen molar-refractivity contribution in [2.45, 2.75) is 12.8 Å². The Balaban J connectivity index is 1.80. The molecule has 0 aliphatic heterocycles. The van der Waals surface area contributed by atoms with Crippen LogP contribution in [0.3, 0.4) is 0 Å². The number of carbonyl (C=O) groups is 1. The fraction of sp³-hybridized carbons (Fsp3) is 0.118. The summed E-state index contributed by atoms with van der Waals surface area (Å²) in [7, 11) is 0. The van der Waals surface area contributed by atoms with E-state index in [-0.39, 0.29) is 11.7 Å². The number of hydrogen-bond donors (Lipinski definition) is 1. The lowest BCUT2D eigenvalue weighted by atomic mass is 10.2. The van der Waals surface area contributed by atoms with E-state index in [9.17, 15) is 9.18 Å². The van der Waals surface area contributed by atoms with Crippen LogP contribution in [0.1, 0.15) is 12.1 Å². The molecule has 0 bridgehead atoms. The third kappa shape index (κ3) is 3.60. The number of benzene rings is 1. The fourth-order valence-electron chi connectivity index (χ4n) is 2.29. The van der Waals surface area contributed by atoms with Crippen molar-refractivity contribution in [1.82, 2.24) is 15.2 Å². The van der Waals surface area contributed by atoms with Crippen molar-refractivity contribution in [3.05, 3.63) is 72.6 Å². The highest BCUT2D eigenvalue weighted by Gasteiger charge is 2.19. The van der Waals surface area contributed by atoms with Gasteiger partial charge in [-0.25, -0.2) is 4.39 Å². The third-order valence-corrected chi connectivity index (χ3v) is 3.40. The lowest BCUT2D eigenvalue weighted by Gasteiger charge is -2.21. The highest BCUT2D eigenvalue weighted by molar-refractivity contribution is 6.00. The van der Waals surface area contributed by atoms with Crippen LogP contribution in [0.2, 0.25) is 0 Å². The third-order valence-electron chi connectivity index (χ3n) is 3.40. The second kappa shape index (κ2) is 6.83. The van der Waals surface area contributed by atoms with Crippen molar-refractivity contribution in [3.63, 3.8) is 0 Å². The summed E-state index contributed by atoms with van der Waals surface area (Å²) in [5, 5.41) is 6.57. The van der Waals surface area contributed by atoms with Gasteiger partial charge in [-0.1, -0.05) is 6.07 Å². The summed E-state index contributed by atoms with van der Waals surface area (Å²) in [5.74, 6) is -0.453. The Hall–Kier alpha value is -3.02. The first kappa shape index (κ1) is 14.9. The lowest BCUT2D eigenvalue weighted by Crippen LogP contribution is -2.26. The van der Waals surface area contributed by atoms with Crippen LogP contribution in [-0.4, -0.2) is 21.1 Å². The van der Waals surface area contributed by atoms with Crippen molar-refractivity contribution in [3.8, 4) is 0 Å². The molecule has 0 unspecified atom stereocenters. The Morgan fingerprint density at radius 1 is 1.13 bits per heavy atom. The van der Waals surface area contributed by atoms with Gasteiger partial charge >= 0.3 is 0 Å². The predicted molar refractivity (Wildman–Crippen MR) is 84.7 cm³/mol. The van der Waals surface area contributed by atoms with E-state index in [2.05, 4.69) is 15.2 Å². The Morgan fingerprint density at radius 2 is 1.96 bits per heavy atom. The van der Waals surface area contributed by atoms with Gasteiger partial charge in [-0.2, -0.15) is 5.10 Å². The number of pyridine rings is 1. The maximum absolute atomic E-state index is 13.1. The first-order valence-electron chi connectivity index (χ1n) is 7.21. The minimum Gasteiger partial charge on any atom is -0.284 e. The minimum atomic E-state index is -0.346. The summed E-state index contributed by atoms with van der Waals surface area (Å²) in [6.07, 6.45) is 5.71. The number of hydrogen-bond acceptors (Lipinski definition) is 3. The molecule has 0 saturated heterocycles. The SMILES string of the molecule is O=C(CCc1ccccn1)N(c1ccc(F)cc1)c1cn[nH]c1. The topological polar surface area (TPSA) is 61.9 Å². The van der Waals surface area contributed by atoms with E-state index in [4.69, 9.17) is 0 Å². The van der Waals surface area contributed by atoms with E-state index in [1.165, 1.54) is 17.0 Å². The maximum Gasteiger partial charge on any atom is 0.232 e. The zero-order valence-corrected chi connectivity index (χ0v) is 12.3. The Labute approximate surface area is 132 Å². The van der Waals surface area contributed by atoms with Gasteiger partial charge in [-0.05, 0) is 42.8 Å². The van der Waals surface area contributed by atoms with Crippen LogP contribution in [0.4, 0.5) is 15.8 Å². The van der Waals surface area contributed by atoms with Gasteiger partial charge in [0, 0.05) is 30.2 Å². The molecule has 0 atom stereocenters. The first-order chi connectivity index (χ1) is 11.2. The Bertz CT molecular complexity index is 757. The molecule has 116 valence electrons. The molecule has 0 aliphatic rings. The standard InChI is InChI=1S/C17H15FN4O/c18-13-4-7-15(8-5-13)22(16-11-20-21-12-16)17(23)9-6-14-3-1-2-10-19-14/h1-5,7-8,10-12H,6,9H2,(H,20,21). The highest BCUT2D eigenvalue weighted by Crippen LogP contribution is 2.25. The van der Waals surface area contributed by atoms with Crippen molar-refractivity contribution >= 4 is 17.3 Å². The summed E-state index contributed by atoms with van der Waals surface area (Å²) in [6, 6.07) is 11.4. The largest absolute Gasteiger partial charge is 0.284 e. The molecule has 3 aromatic rings. The van der Waals surface area contributed by atoms with Crippen molar-refractivity contribution in [2.24, 2.45) is 0 Å². The van der Waals surface area contributed by atoms with Crippen LogP contribution < -0.4 is 4.90 Å². The molecule has 0 aliphatic carbocycles. The summed E-state index contributed by atoms with van der Waals surface area (Å²) < 4.78 is 13.1. The number of aromatic nitrogens is 3. The van der Waals surface area contributed by atoms with Crippen LogP contribution in [0, 0.1) is 5.82 Å². The molecule has 0 fully saturated rings. The second-order valence-corrected chi connectivity index (χ2v) is 4.98. The van der Waals surface area contributed by atoms with Gasteiger partial charge in [-0.3, -0.25) is 19.8 Å². The average Bonchev–Trinajstić information content (AvgIpc) is 3.10. The molecule has 23 heavy (non-hydrogen) atoms. The number of aromatic amines is 1. The second-order valence-electron chi connectivity index (χ2n) is 4.98. The number of halogens is 1. The lowest BCUT2D eigenvalue weighted by molar-refractivity contribution is -0.117. The van der Waals surface area contributed by atoms with Crippen LogP contribution >= 0.6 is 0 Å². The van der Waals surface area contributed by atoms with Crippen LogP contribution in [-0.2, 0) is 11.2 Å². The van der Waals surface area contributed by atoms with Crippen LogP contribution in [0.15, 0.2) is 61.1 Å². The summed E-state index contributed by atoms with van der Waals surface area (Å²) in [6.45, 7) is 0. The number of anilines is 2. The van der Waals surface area contributed by atoms with Gasteiger partial charge in [0.05, 0.1) is 11.9 Å². The number of carbonyl (C=O) groups excluding carboxylic acids is 1. The summed E-state index contributed by atoms with van der Waals surface area (Å²) in [5.41, 5.74) is 2.06. The average molecular weight is 310 g/mol. The van der Waals surface area contributed by atoms with Crippen molar-refractivity contribution < 1.29 is 9.18 Å². The van der Waals surface area contributed by atoms with Crippen molar-refractivity contribution in [1.29, 1.82) is 0 Å². The summed E-state index contributed by atoms with van der Waals surface area (Å²) in [4.78, 5) is 18.4. The number of nitrogens with one attached hydrogen (secondary N) is 1. The molecule has 2 aromatic heterocycles. The molecular formula is C17H15FN4O. The zero-order valence-electron chi connectivity index (χ0n) is 12.3. The first-order valence-corrected chi connectivity index (χ1v) is 7.21. The molecule has 0 spiro atoms. The van der Waals surface area contributed by atoms with Gasteiger partial charge in [0.25, 0.3) is 0 Å². The molecule has 2 heterocycles. The van der Waals surface area contributed by atoms with E-state index in [1.54, 1.807) is 30.7 Å². The van der Waals surface area contributed by atoms with Gasteiger partial charge < -0.3 is 0 Å². The normalized spacial score (nSPS) is 10.5. The minimum absolute atomic E-state index is 0.108. The number of amides is 1. The van der Waals surface area contributed by atoms with Gasteiger partial charge in [-0.15, -0.1) is 0 Å². The van der Waals surface area contributed by atoms with Gasteiger partial charge in [0.2, 0.25) is 5.91 Å². The van der Waals surface area contributed by atoms with Crippen LogP contribution in [0.5, 0.6) is 0 Å².